The second kappa shape index (κ2) is 10.1. The number of rotatable bonds is 8. The van der Waals surface area contributed by atoms with Gasteiger partial charge < -0.3 is 19.7 Å². The van der Waals surface area contributed by atoms with Gasteiger partial charge in [-0.05, 0) is 53.5 Å². The van der Waals surface area contributed by atoms with Gasteiger partial charge in [0.15, 0.2) is 5.11 Å². The van der Waals surface area contributed by atoms with E-state index in [0.717, 1.165) is 11.4 Å². The lowest BCUT2D eigenvalue weighted by Crippen LogP contribution is -2.40. The Morgan fingerprint density at radius 3 is 2.23 bits per heavy atom. The number of anilines is 1. The van der Waals surface area contributed by atoms with Crippen LogP contribution in [-0.4, -0.2) is 32.5 Å². The molecule has 2 aromatic carbocycles. The van der Waals surface area contributed by atoms with E-state index in [9.17, 15) is 0 Å². The molecule has 0 amide bonds. The summed E-state index contributed by atoms with van der Waals surface area (Å²) in [6, 6.07) is 16.6. The number of hydrogen-bond acceptors (Lipinski definition) is 3. The first kappa shape index (κ1) is 20.2. The molecule has 0 radical (unpaired) electrons. The minimum Gasteiger partial charge on any atom is -0.497 e. The molecule has 1 N–H and O–H groups in total. The van der Waals surface area contributed by atoms with Crippen molar-refractivity contribution in [1.82, 2.24) is 5.32 Å². The topological polar surface area (TPSA) is 33.7 Å². The molecule has 2 aromatic rings. The number of thiocarbonyl (C=S) groups is 1. The maximum absolute atomic E-state index is 5.63. The SMILES string of the molecule is COCCNC(=S)N(Cc1ccc(C(C)C)cc1)c1ccc(OC)cc1. The van der Waals surface area contributed by atoms with Crippen molar-refractivity contribution in [2.45, 2.75) is 26.3 Å². The van der Waals surface area contributed by atoms with Gasteiger partial charge in [-0.25, -0.2) is 0 Å². The predicted molar refractivity (Wildman–Crippen MR) is 112 cm³/mol. The second-order valence-corrected chi connectivity index (χ2v) is 6.79. The number of hydrogen-bond donors (Lipinski definition) is 1. The van der Waals surface area contributed by atoms with Gasteiger partial charge in [-0.1, -0.05) is 38.1 Å². The molecule has 0 saturated heterocycles. The molecule has 4 nitrogen and oxygen atoms in total. The normalized spacial score (nSPS) is 10.7. The first-order valence-electron chi connectivity index (χ1n) is 8.82. The van der Waals surface area contributed by atoms with Gasteiger partial charge in [-0.3, -0.25) is 0 Å². The molecule has 0 aromatic heterocycles. The van der Waals surface area contributed by atoms with E-state index < -0.39 is 0 Å². The summed E-state index contributed by atoms with van der Waals surface area (Å²) in [5.74, 6) is 1.35. The average Bonchev–Trinajstić information content (AvgIpc) is 2.66. The first-order valence-corrected chi connectivity index (χ1v) is 9.23. The predicted octanol–water partition coefficient (Wildman–Crippen LogP) is 4.35. The van der Waals surface area contributed by atoms with Gasteiger partial charge >= 0.3 is 0 Å². The van der Waals surface area contributed by atoms with Crippen LogP contribution in [0.25, 0.3) is 0 Å². The zero-order valence-electron chi connectivity index (χ0n) is 16.0. The van der Waals surface area contributed by atoms with Gasteiger partial charge in [0.25, 0.3) is 0 Å². The highest BCUT2D eigenvalue weighted by molar-refractivity contribution is 7.80. The van der Waals surface area contributed by atoms with Crippen LogP contribution in [0.4, 0.5) is 5.69 Å². The Morgan fingerprint density at radius 2 is 1.69 bits per heavy atom. The van der Waals surface area contributed by atoms with Crippen LogP contribution in [0.3, 0.4) is 0 Å². The minimum atomic E-state index is 0.526. The molecular formula is C21H28N2O2S. The smallest absolute Gasteiger partial charge is 0.173 e. The molecule has 0 spiro atoms. The van der Waals surface area contributed by atoms with Crippen LogP contribution >= 0.6 is 12.2 Å². The third kappa shape index (κ3) is 5.71. The largest absolute Gasteiger partial charge is 0.497 e. The van der Waals surface area contributed by atoms with Gasteiger partial charge in [0.2, 0.25) is 0 Å². The lowest BCUT2D eigenvalue weighted by atomic mass is 10.0. The Labute approximate surface area is 162 Å². The maximum Gasteiger partial charge on any atom is 0.173 e. The fraction of sp³-hybridized carbons (Fsp3) is 0.381. The van der Waals surface area contributed by atoms with Crippen molar-refractivity contribution < 1.29 is 9.47 Å². The van der Waals surface area contributed by atoms with Crippen LogP contribution in [-0.2, 0) is 11.3 Å². The number of nitrogens with zero attached hydrogens (tertiary/aromatic N) is 1. The van der Waals surface area contributed by atoms with E-state index in [1.807, 2.05) is 24.3 Å². The minimum absolute atomic E-state index is 0.526. The van der Waals surface area contributed by atoms with Crippen molar-refractivity contribution in [3.8, 4) is 5.75 Å². The fourth-order valence-electron chi connectivity index (χ4n) is 2.59. The molecule has 0 atom stereocenters. The van der Waals surface area contributed by atoms with Crippen molar-refractivity contribution in [3.63, 3.8) is 0 Å². The molecule has 5 heteroatoms. The third-order valence-electron chi connectivity index (χ3n) is 4.20. The van der Waals surface area contributed by atoms with Crippen molar-refractivity contribution in [1.29, 1.82) is 0 Å². The zero-order chi connectivity index (χ0) is 18.9. The van der Waals surface area contributed by atoms with Gasteiger partial charge in [0, 0.05) is 19.3 Å². The van der Waals surface area contributed by atoms with Crippen molar-refractivity contribution >= 4 is 23.0 Å². The highest BCUT2D eigenvalue weighted by Gasteiger charge is 2.13. The molecule has 140 valence electrons. The summed E-state index contributed by atoms with van der Waals surface area (Å²) in [4.78, 5) is 2.09. The third-order valence-corrected chi connectivity index (χ3v) is 4.56. The van der Waals surface area contributed by atoms with Gasteiger partial charge in [-0.2, -0.15) is 0 Å². The number of benzene rings is 2. The van der Waals surface area contributed by atoms with Crippen molar-refractivity contribution in [2.75, 3.05) is 32.3 Å². The van der Waals surface area contributed by atoms with Gasteiger partial charge in [0.05, 0.1) is 20.3 Å². The molecule has 0 bridgehead atoms. The van der Waals surface area contributed by atoms with Gasteiger partial charge in [0.1, 0.15) is 5.75 Å². The lowest BCUT2D eigenvalue weighted by Gasteiger charge is -2.26. The summed E-state index contributed by atoms with van der Waals surface area (Å²) < 4.78 is 10.4. The van der Waals surface area contributed by atoms with Crippen LogP contribution < -0.4 is 15.0 Å². The van der Waals surface area contributed by atoms with Crippen LogP contribution in [0.5, 0.6) is 5.75 Å². The molecule has 26 heavy (non-hydrogen) atoms. The standard InChI is InChI=1S/C21H28N2O2S/c1-16(2)18-7-5-17(6-8-18)15-23(21(26)22-13-14-24-3)19-9-11-20(25-4)12-10-19/h5-12,16H,13-15H2,1-4H3,(H,22,26). The Bertz CT molecular complexity index is 684. The highest BCUT2D eigenvalue weighted by Crippen LogP contribution is 2.22. The number of nitrogens with one attached hydrogen (secondary N) is 1. The summed E-state index contributed by atoms with van der Waals surface area (Å²) in [5, 5.41) is 3.94. The first-order chi connectivity index (χ1) is 12.5. The molecular weight excluding hydrogens is 344 g/mol. The summed E-state index contributed by atoms with van der Waals surface area (Å²) in [7, 11) is 3.35. The van der Waals surface area contributed by atoms with E-state index >= 15 is 0 Å². The van der Waals surface area contributed by atoms with E-state index in [2.05, 4.69) is 48.3 Å². The Morgan fingerprint density at radius 1 is 1.04 bits per heavy atom. The fourth-order valence-corrected chi connectivity index (χ4v) is 2.86. The van der Waals surface area contributed by atoms with Crippen LogP contribution in [0.2, 0.25) is 0 Å². The van der Waals surface area contributed by atoms with Crippen LogP contribution in [0, 0.1) is 0 Å². The Kier molecular flexibility index (Phi) is 7.88. The van der Waals surface area contributed by atoms with Gasteiger partial charge in [-0.15, -0.1) is 0 Å². The molecule has 0 aliphatic rings. The summed E-state index contributed by atoms with van der Waals surface area (Å²) in [5.41, 5.74) is 3.57. The zero-order valence-corrected chi connectivity index (χ0v) is 16.8. The molecule has 0 heterocycles. The second-order valence-electron chi connectivity index (χ2n) is 6.41. The van der Waals surface area contributed by atoms with E-state index in [-0.39, 0.29) is 0 Å². The molecule has 0 saturated carbocycles. The number of ether oxygens (including phenoxy) is 2. The Balaban J connectivity index is 2.19. The molecule has 0 aliphatic heterocycles. The molecule has 0 aliphatic carbocycles. The monoisotopic (exact) mass is 372 g/mol. The van der Waals surface area contributed by atoms with E-state index in [1.54, 1.807) is 14.2 Å². The maximum atomic E-state index is 5.63. The van der Waals surface area contributed by atoms with Crippen LogP contribution in [0.1, 0.15) is 30.9 Å². The van der Waals surface area contributed by atoms with E-state index in [1.165, 1.54) is 11.1 Å². The number of methoxy groups -OCH3 is 2. The van der Waals surface area contributed by atoms with E-state index in [4.69, 9.17) is 21.7 Å². The molecule has 0 unspecified atom stereocenters. The van der Waals surface area contributed by atoms with Crippen molar-refractivity contribution in [2.24, 2.45) is 0 Å². The highest BCUT2D eigenvalue weighted by atomic mass is 32.1. The average molecular weight is 373 g/mol. The van der Waals surface area contributed by atoms with E-state index in [0.29, 0.717) is 30.7 Å². The molecule has 2 rings (SSSR count). The summed E-state index contributed by atoms with van der Waals surface area (Å²) in [6.07, 6.45) is 0. The quantitative estimate of drug-likeness (QED) is 0.550. The summed E-state index contributed by atoms with van der Waals surface area (Å²) >= 11 is 5.63. The van der Waals surface area contributed by atoms with Crippen molar-refractivity contribution in [3.05, 3.63) is 59.7 Å². The lowest BCUT2D eigenvalue weighted by molar-refractivity contribution is 0.204. The Hall–Kier alpha value is -2.11. The summed E-state index contributed by atoms with van der Waals surface area (Å²) in [6.45, 7) is 6.39. The van der Waals surface area contributed by atoms with Crippen LogP contribution in [0.15, 0.2) is 48.5 Å². The molecule has 0 fully saturated rings.